The van der Waals surface area contributed by atoms with E-state index in [1.165, 1.54) is 25.8 Å². The zero-order valence-electron chi connectivity index (χ0n) is 13.6. The summed E-state index contributed by atoms with van der Waals surface area (Å²) in [6.07, 6.45) is 8.54. The molecule has 1 aliphatic carbocycles. The Morgan fingerprint density at radius 2 is 2.09 bits per heavy atom. The van der Waals surface area contributed by atoms with E-state index < -0.39 is 0 Å². The van der Waals surface area contributed by atoms with Crippen molar-refractivity contribution in [1.29, 1.82) is 0 Å². The van der Waals surface area contributed by atoms with Gasteiger partial charge in [-0.2, -0.15) is 0 Å². The van der Waals surface area contributed by atoms with Gasteiger partial charge >= 0.3 is 0 Å². The van der Waals surface area contributed by atoms with Crippen LogP contribution in [0.1, 0.15) is 25.7 Å². The Balaban J connectivity index is 1.38. The summed E-state index contributed by atoms with van der Waals surface area (Å²) in [5.41, 5.74) is 0. The summed E-state index contributed by atoms with van der Waals surface area (Å²) in [5.74, 6) is 1.63. The van der Waals surface area contributed by atoms with Crippen molar-refractivity contribution in [3.05, 3.63) is 24.5 Å². The minimum absolute atomic E-state index is 0.154. The number of aromatic nitrogens is 1. The van der Waals surface area contributed by atoms with Crippen LogP contribution in [0.15, 0.2) is 24.5 Å². The molecule has 1 saturated carbocycles. The van der Waals surface area contributed by atoms with Gasteiger partial charge in [-0.25, -0.2) is 0 Å². The summed E-state index contributed by atoms with van der Waals surface area (Å²) in [4.78, 5) is 6.78. The summed E-state index contributed by atoms with van der Waals surface area (Å²) in [5, 5.41) is 0. The van der Waals surface area contributed by atoms with Gasteiger partial charge in [0.2, 0.25) is 0 Å². The first kappa shape index (κ1) is 15.4. The zero-order chi connectivity index (χ0) is 15.5. The number of hydrogen-bond acceptors (Lipinski definition) is 5. The molecular formula is C18H26N2O3. The smallest absolute Gasteiger partial charge is 0.138 e. The van der Waals surface area contributed by atoms with E-state index in [-0.39, 0.29) is 12.2 Å². The number of pyridine rings is 1. The van der Waals surface area contributed by atoms with Crippen molar-refractivity contribution in [2.75, 3.05) is 32.9 Å². The van der Waals surface area contributed by atoms with Crippen molar-refractivity contribution in [2.24, 2.45) is 5.92 Å². The Kier molecular flexibility index (Phi) is 4.78. The van der Waals surface area contributed by atoms with Gasteiger partial charge in [-0.1, -0.05) is 0 Å². The van der Waals surface area contributed by atoms with Crippen LogP contribution < -0.4 is 4.74 Å². The van der Waals surface area contributed by atoms with E-state index in [1.54, 1.807) is 12.4 Å². The summed E-state index contributed by atoms with van der Waals surface area (Å²) in [6.45, 7) is 4.91. The first-order chi connectivity index (χ1) is 11.4. The van der Waals surface area contributed by atoms with Crippen LogP contribution in [-0.4, -0.2) is 61.0 Å². The fourth-order valence-corrected chi connectivity index (χ4v) is 4.20. The van der Waals surface area contributed by atoms with Crippen molar-refractivity contribution in [1.82, 2.24) is 9.88 Å². The van der Waals surface area contributed by atoms with Gasteiger partial charge in [-0.15, -0.1) is 0 Å². The number of morpholine rings is 1. The lowest BCUT2D eigenvalue weighted by atomic mass is 9.98. The molecule has 3 atom stereocenters. The molecule has 3 aliphatic rings. The fourth-order valence-electron chi connectivity index (χ4n) is 4.20. The van der Waals surface area contributed by atoms with Crippen molar-refractivity contribution in [2.45, 2.75) is 43.9 Å². The van der Waals surface area contributed by atoms with Crippen LogP contribution in [0.5, 0.6) is 5.75 Å². The Morgan fingerprint density at radius 1 is 1.17 bits per heavy atom. The summed E-state index contributed by atoms with van der Waals surface area (Å²) < 4.78 is 17.7. The lowest BCUT2D eigenvalue weighted by molar-refractivity contribution is -0.0954. The van der Waals surface area contributed by atoms with Crippen LogP contribution in [0.3, 0.4) is 0 Å². The average molecular weight is 318 g/mol. The number of ether oxygens (including phenoxy) is 3. The molecule has 126 valence electrons. The third kappa shape index (κ3) is 3.52. The molecule has 5 heteroatoms. The number of hydrogen-bond donors (Lipinski definition) is 0. The highest BCUT2D eigenvalue weighted by Gasteiger charge is 2.44. The van der Waals surface area contributed by atoms with Crippen molar-refractivity contribution in [3.8, 4) is 5.75 Å². The third-order valence-electron chi connectivity index (χ3n) is 5.41. The fraction of sp³-hybridized carbons (Fsp3) is 0.722. The number of fused-ring (bicyclic) bond motifs is 1. The highest BCUT2D eigenvalue weighted by atomic mass is 16.5. The molecule has 1 aromatic heterocycles. The van der Waals surface area contributed by atoms with Gasteiger partial charge < -0.3 is 14.2 Å². The van der Waals surface area contributed by atoms with E-state index in [0.717, 1.165) is 44.5 Å². The topological polar surface area (TPSA) is 43.8 Å². The van der Waals surface area contributed by atoms with Gasteiger partial charge in [-0.05, 0) is 43.7 Å². The van der Waals surface area contributed by atoms with Gasteiger partial charge in [-0.3, -0.25) is 9.88 Å². The molecule has 0 spiro atoms. The molecule has 5 nitrogen and oxygen atoms in total. The van der Waals surface area contributed by atoms with Gasteiger partial charge in [0, 0.05) is 38.5 Å². The van der Waals surface area contributed by atoms with Gasteiger partial charge in [0.25, 0.3) is 0 Å². The molecule has 0 bridgehead atoms. The molecule has 0 radical (unpaired) electrons. The third-order valence-corrected chi connectivity index (χ3v) is 5.41. The van der Waals surface area contributed by atoms with Crippen LogP contribution in [0.25, 0.3) is 0 Å². The number of rotatable bonds is 4. The normalized spacial score (nSPS) is 32.6. The predicted octanol–water partition coefficient (Wildman–Crippen LogP) is 2.12. The standard InChI is InChI=1S/C18H26N2O3/c1-2-15(12-19-7-1)23-17-4-3-16-18(17)22-11-8-20(16)13-14-5-9-21-10-6-14/h1-2,7,12,14,16-18H,3-6,8-11,13H2/t16-,17+,18+/m0/s1. The molecule has 3 fully saturated rings. The maximum atomic E-state index is 6.15. The minimum atomic E-state index is 0.154. The lowest BCUT2D eigenvalue weighted by Crippen LogP contribution is -2.53. The minimum Gasteiger partial charge on any atom is -0.486 e. The van der Waals surface area contributed by atoms with Crippen molar-refractivity contribution >= 4 is 0 Å². The molecule has 0 amide bonds. The molecule has 23 heavy (non-hydrogen) atoms. The predicted molar refractivity (Wildman–Crippen MR) is 86.5 cm³/mol. The van der Waals surface area contributed by atoms with Gasteiger partial charge in [0.1, 0.15) is 18.0 Å². The average Bonchev–Trinajstić information content (AvgIpc) is 3.01. The van der Waals surface area contributed by atoms with Crippen LogP contribution >= 0.6 is 0 Å². The van der Waals surface area contributed by atoms with E-state index in [0.29, 0.717) is 6.04 Å². The van der Waals surface area contributed by atoms with E-state index in [2.05, 4.69) is 9.88 Å². The Morgan fingerprint density at radius 3 is 2.91 bits per heavy atom. The second kappa shape index (κ2) is 7.16. The molecule has 3 heterocycles. The first-order valence-electron chi connectivity index (χ1n) is 8.90. The Bertz CT molecular complexity index is 492. The summed E-state index contributed by atoms with van der Waals surface area (Å²) in [7, 11) is 0. The molecule has 2 saturated heterocycles. The second-order valence-electron chi connectivity index (χ2n) is 6.88. The first-order valence-corrected chi connectivity index (χ1v) is 8.90. The molecule has 4 rings (SSSR count). The molecule has 0 aromatic carbocycles. The molecule has 2 aliphatic heterocycles. The van der Waals surface area contributed by atoms with Crippen LogP contribution in [0.4, 0.5) is 0 Å². The lowest BCUT2D eigenvalue weighted by Gasteiger charge is -2.41. The largest absolute Gasteiger partial charge is 0.486 e. The van der Waals surface area contributed by atoms with E-state index in [1.807, 2.05) is 12.1 Å². The molecule has 0 N–H and O–H groups in total. The Hall–Kier alpha value is -1.17. The molecule has 0 unspecified atom stereocenters. The highest BCUT2D eigenvalue weighted by molar-refractivity contribution is 5.17. The quantitative estimate of drug-likeness (QED) is 0.851. The van der Waals surface area contributed by atoms with Gasteiger partial charge in [0.05, 0.1) is 12.8 Å². The second-order valence-corrected chi connectivity index (χ2v) is 6.88. The Labute approximate surface area is 137 Å². The van der Waals surface area contributed by atoms with E-state index >= 15 is 0 Å². The van der Waals surface area contributed by atoms with Crippen LogP contribution in [-0.2, 0) is 9.47 Å². The zero-order valence-corrected chi connectivity index (χ0v) is 13.6. The number of nitrogens with zero attached hydrogens (tertiary/aromatic N) is 2. The molecule has 1 aromatic rings. The van der Waals surface area contributed by atoms with Crippen molar-refractivity contribution in [3.63, 3.8) is 0 Å². The highest BCUT2D eigenvalue weighted by Crippen LogP contribution is 2.34. The van der Waals surface area contributed by atoms with Gasteiger partial charge in [0.15, 0.2) is 0 Å². The van der Waals surface area contributed by atoms with Crippen LogP contribution in [0.2, 0.25) is 0 Å². The maximum absolute atomic E-state index is 6.15. The maximum Gasteiger partial charge on any atom is 0.138 e. The van der Waals surface area contributed by atoms with E-state index in [4.69, 9.17) is 14.2 Å². The summed E-state index contributed by atoms with van der Waals surface area (Å²) in [6, 6.07) is 4.40. The van der Waals surface area contributed by atoms with E-state index in [9.17, 15) is 0 Å². The monoisotopic (exact) mass is 318 g/mol. The molecular weight excluding hydrogens is 292 g/mol. The van der Waals surface area contributed by atoms with Crippen molar-refractivity contribution < 1.29 is 14.2 Å². The van der Waals surface area contributed by atoms with Crippen LogP contribution in [0, 0.1) is 5.92 Å². The summed E-state index contributed by atoms with van der Waals surface area (Å²) >= 11 is 0. The SMILES string of the molecule is c1cncc(O[C@@H]2CC[C@H]3[C@H]2OCCN3CC2CCOCC2)c1.